The molecular weight excluding hydrogens is 302 g/mol. The lowest BCUT2D eigenvalue weighted by Gasteiger charge is -2.07. The topological polar surface area (TPSA) is 26.3 Å². The Morgan fingerprint density at radius 3 is 2.62 bits per heavy atom. The van der Waals surface area contributed by atoms with E-state index < -0.39 is 0 Å². The van der Waals surface area contributed by atoms with Crippen molar-refractivity contribution in [3.63, 3.8) is 0 Å². The molecule has 0 unspecified atom stereocenters. The molecule has 70 valence electrons. The van der Waals surface area contributed by atoms with Gasteiger partial charge in [-0.3, -0.25) is 4.79 Å². The monoisotopic (exact) mass is 310 g/mol. The molecule has 1 aromatic rings. The number of hydrogen-bond donors (Lipinski definition) is 0. The molecule has 0 saturated heterocycles. The Morgan fingerprint density at radius 2 is 2.15 bits per heavy atom. The standard InChI is InChI=1S/C9H8ClIO2/c1-5(12)6-3-4-7(13-2)9(11)8(6)10/h3-4H,1-2H3. The van der Waals surface area contributed by atoms with Crippen molar-refractivity contribution in [1.29, 1.82) is 0 Å². The van der Waals surface area contributed by atoms with Gasteiger partial charge in [-0.25, -0.2) is 0 Å². The predicted octanol–water partition coefficient (Wildman–Crippen LogP) is 3.16. The van der Waals surface area contributed by atoms with E-state index in [4.69, 9.17) is 16.3 Å². The van der Waals surface area contributed by atoms with Crippen molar-refractivity contribution in [1.82, 2.24) is 0 Å². The highest BCUT2D eigenvalue weighted by molar-refractivity contribution is 14.1. The molecule has 0 aliphatic carbocycles. The molecule has 0 heterocycles. The van der Waals surface area contributed by atoms with Crippen LogP contribution < -0.4 is 4.74 Å². The summed E-state index contributed by atoms with van der Waals surface area (Å²) in [6.45, 7) is 1.49. The molecule has 1 rings (SSSR count). The molecule has 0 amide bonds. The normalized spacial score (nSPS) is 9.85. The summed E-state index contributed by atoms with van der Waals surface area (Å²) < 4.78 is 5.83. The molecule has 4 heteroatoms. The summed E-state index contributed by atoms with van der Waals surface area (Å²) in [6, 6.07) is 3.41. The summed E-state index contributed by atoms with van der Waals surface area (Å²) in [5, 5.41) is 0.465. The van der Waals surface area contributed by atoms with Gasteiger partial charge in [-0.05, 0) is 41.6 Å². The number of Topliss-reactive ketones (excluding diaryl/α,β-unsaturated/α-hetero) is 1. The van der Waals surface area contributed by atoms with Gasteiger partial charge >= 0.3 is 0 Å². The Balaban J connectivity index is 3.31. The van der Waals surface area contributed by atoms with Crippen LogP contribution in [-0.4, -0.2) is 12.9 Å². The van der Waals surface area contributed by atoms with Crippen LogP contribution in [0.3, 0.4) is 0 Å². The fraction of sp³-hybridized carbons (Fsp3) is 0.222. The van der Waals surface area contributed by atoms with E-state index in [2.05, 4.69) is 22.6 Å². The van der Waals surface area contributed by atoms with Gasteiger partial charge in [0.25, 0.3) is 0 Å². The molecule has 0 aromatic heterocycles. The Kier molecular flexibility index (Phi) is 3.55. The average Bonchev–Trinajstić information content (AvgIpc) is 2.09. The Hall–Kier alpha value is -0.290. The van der Waals surface area contributed by atoms with Crippen molar-refractivity contribution in [2.45, 2.75) is 6.92 Å². The van der Waals surface area contributed by atoms with E-state index in [1.165, 1.54) is 6.92 Å². The highest BCUT2D eigenvalue weighted by atomic mass is 127. The minimum atomic E-state index is -0.0365. The number of benzene rings is 1. The summed E-state index contributed by atoms with van der Waals surface area (Å²) in [7, 11) is 1.57. The zero-order valence-electron chi connectivity index (χ0n) is 7.23. The molecule has 2 nitrogen and oxygen atoms in total. The van der Waals surface area contributed by atoms with Crippen LogP contribution in [0.5, 0.6) is 5.75 Å². The van der Waals surface area contributed by atoms with Crippen LogP contribution in [0.15, 0.2) is 12.1 Å². The summed E-state index contributed by atoms with van der Waals surface area (Å²) in [5.74, 6) is 0.654. The summed E-state index contributed by atoms with van der Waals surface area (Å²) >= 11 is 8.02. The maximum atomic E-state index is 11.1. The third-order valence-electron chi connectivity index (χ3n) is 1.65. The minimum Gasteiger partial charge on any atom is -0.496 e. The van der Waals surface area contributed by atoms with Crippen LogP contribution in [0, 0.1) is 3.57 Å². The van der Waals surface area contributed by atoms with Crippen LogP contribution in [0.4, 0.5) is 0 Å². The number of halogens is 2. The maximum Gasteiger partial charge on any atom is 0.161 e. The molecule has 1 aromatic carbocycles. The van der Waals surface area contributed by atoms with Gasteiger partial charge in [-0.15, -0.1) is 0 Å². The van der Waals surface area contributed by atoms with Gasteiger partial charge in [0.15, 0.2) is 5.78 Å². The number of ketones is 1. The SMILES string of the molecule is COc1ccc(C(C)=O)c(Cl)c1I. The molecule has 0 saturated carbocycles. The number of carbonyl (C=O) groups is 1. The lowest BCUT2D eigenvalue weighted by atomic mass is 10.1. The second-order valence-corrected chi connectivity index (χ2v) is 3.96. The summed E-state index contributed by atoms with van der Waals surface area (Å²) in [6.07, 6.45) is 0. The quantitative estimate of drug-likeness (QED) is 0.619. The molecule has 0 N–H and O–H groups in total. The first-order valence-corrected chi connectivity index (χ1v) is 5.06. The van der Waals surface area contributed by atoms with Gasteiger partial charge in [0.2, 0.25) is 0 Å². The van der Waals surface area contributed by atoms with E-state index in [0.717, 1.165) is 3.57 Å². The van der Waals surface area contributed by atoms with E-state index in [0.29, 0.717) is 16.3 Å². The third kappa shape index (κ3) is 2.14. The first-order valence-electron chi connectivity index (χ1n) is 3.61. The summed E-state index contributed by atoms with van der Waals surface area (Å²) in [5.41, 5.74) is 0.534. The van der Waals surface area contributed by atoms with Crippen LogP contribution >= 0.6 is 34.2 Å². The minimum absolute atomic E-state index is 0.0365. The van der Waals surface area contributed by atoms with Gasteiger partial charge in [0, 0.05) is 5.56 Å². The van der Waals surface area contributed by atoms with Crippen molar-refractivity contribution in [2.75, 3.05) is 7.11 Å². The Labute approximate surface area is 95.4 Å². The van der Waals surface area contributed by atoms with Crippen molar-refractivity contribution in [3.8, 4) is 5.75 Å². The smallest absolute Gasteiger partial charge is 0.161 e. The predicted molar refractivity (Wildman–Crippen MR) is 60.7 cm³/mol. The highest BCUT2D eigenvalue weighted by Crippen LogP contribution is 2.31. The molecule has 0 atom stereocenters. The van der Waals surface area contributed by atoms with Crippen molar-refractivity contribution < 1.29 is 9.53 Å². The van der Waals surface area contributed by atoms with Gasteiger partial charge in [0.05, 0.1) is 15.7 Å². The lowest BCUT2D eigenvalue weighted by molar-refractivity contribution is 0.101. The molecule has 0 spiro atoms. The van der Waals surface area contributed by atoms with E-state index in [1.807, 2.05) is 0 Å². The molecule has 13 heavy (non-hydrogen) atoms. The average molecular weight is 311 g/mol. The Morgan fingerprint density at radius 1 is 1.54 bits per heavy atom. The first-order chi connectivity index (χ1) is 6.07. The fourth-order valence-electron chi connectivity index (χ4n) is 0.961. The fourth-order valence-corrected chi connectivity index (χ4v) is 1.94. The van der Waals surface area contributed by atoms with Crippen LogP contribution in [0.2, 0.25) is 5.02 Å². The maximum absolute atomic E-state index is 11.1. The van der Waals surface area contributed by atoms with Gasteiger partial charge in [-0.2, -0.15) is 0 Å². The highest BCUT2D eigenvalue weighted by Gasteiger charge is 2.12. The number of methoxy groups -OCH3 is 1. The van der Waals surface area contributed by atoms with E-state index >= 15 is 0 Å². The number of ether oxygens (including phenoxy) is 1. The molecule has 0 bridgehead atoms. The summed E-state index contributed by atoms with van der Waals surface area (Å²) in [4.78, 5) is 11.1. The molecule has 0 radical (unpaired) electrons. The number of hydrogen-bond acceptors (Lipinski definition) is 2. The van der Waals surface area contributed by atoms with Crippen molar-refractivity contribution in [3.05, 3.63) is 26.3 Å². The second-order valence-electron chi connectivity index (χ2n) is 2.50. The third-order valence-corrected chi connectivity index (χ3v) is 3.43. The zero-order chi connectivity index (χ0) is 10.0. The number of rotatable bonds is 2. The van der Waals surface area contributed by atoms with Gasteiger partial charge in [0.1, 0.15) is 5.75 Å². The van der Waals surface area contributed by atoms with Crippen molar-refractivity contribution >= 4 is 40.0 Å². The van der Waals surface area contributed by atoms with Crippen LogP contribution in [-0.2, 0) is 0 Å². The van der Waals surface area contributed by atoms with E-state index in [-0.39, 0.29) is 5.78 Å². The second kappa shape index (κ2) is 4.28. The van der Waals surface area contributed by atoms with Crippen molar-refractivity contribution in [2.24, 2.45) is 0 Å². The van der Waals surface area contributed by atoms with Crippen LogP contribution in [0.25, 0.3) is 0 Å². The molecular formula is C9H8ClIO2. The van der Waals surface area contributed by atoms with E-state index in [9.17, 15) is 4.79 Å². The van der Waals surface area contributed by atoms with E-state index in [1.54, 1.807) is 19.2 Å². The largest absolute Gasteiger partial charge is 0.496 e. The molecule has 0 aliphatic rings. The Bertz CT molecular complexity index is 350. The van der Waals surface area contributed by atoms with Gasteiger partial charge in [-0.1, -0.05) is 11.6 Å². The molecule has 0 fully saturated rings. The number of carbonyl (C=O) groups excluding carboxylic acids is 1. The zero-order valence-corrected chi connectivity index (χ0v) is 10.1. The first kappa shape index (κ1) is 10.8. The van der Waals surface area contributed by atoms with Crippen LogP contribution in [0.1, 0.15) is 17.3 Å². The lowest BCUT2D eigenvalue weighted by Crippen LogP contribution is -1.97. The molecule has 0 aliphatic heterocycles. The van der Waals surface area contributed by atoms with Gasteiger partial charge < -0.3 is 4.74 Å².